The smallest absolute Gasteiger partial charge is 0.300 e. The third kappa shape index (κ3) is 3.93. The first-order valence-electron chi connectivity index (χ1n) is 5.32. The van der Waals surface area contributed by atoms with Gasteiger partial charge in [0.05, 0.1) is 11.8 Å². The number of aryl methyl sites for hydroxylation is 1. The molecule has 0 amide bonds. The Morgan fingerprint density at radius 1 is 1.61 bits per heavy atom. The van der Waals surface area contributed by atoms with Crippen molar-refractivity contribution >= 4 is 33.2 Å². The second-order valence-corrected chi connectivity index (χ2v) is 6.18. The van der Waals surface area contributed by atoms with Crippen molar-refractivity contribution in [3.05, 3.63) is 11.8 Å². The molecule has 0 atom stereocenters. The molecule has 0 unspecified atom stereocenters. The molecule has 102 valence electrons. The lowest BCUT2D eigenvalue weighted by Gasteiger charge is -2.12. The van der Waals surface area contributed by atoms with Gasteiger partial charge in [-0.05, 0) is 5.92 Å². The minimum Gasteiger partial charge on any atom is -0.389 e. The molecule has 0 bridgehead atoms. The zero-order valence-corrected chi connectivity index (χ0v) is 12.1. The fourth-order valence-electron chi connectivity index (χ4n) is 1.18. The Balaban J connectivity index is 2.90. The molecule has 0 saturated carbocycles. The van der Waals surface area contributed by atoms with E-state index < -0.39 is 10.2 Å². The van der Waals surface area contributed by atoms with E-state index in [9.17, 15) is 8.42 Å². The summed E-state index contributed by atoms with van der Waals surface area (Å²) in [6.07, 6.45) is 1.42. The number of anilines is 1. The van der Waals surface area contributed by atoms with Crippen LogP contribution in [0.25, 0.3) is 0 Å². The summed E-state index contributed by atoms with van der Waals surface area (Å²) in [5.74, 6) is 0.460. The van der Waals surface area contributed by atoms with E-state index in [0.717, 1.165) is 0 Å². The number of nitrogens with one attached hydrogen (secondary N) is 2. The molecule has 0 radical (unpaired) electrons. The summed E-state index contributed by atoms with van der Waals surface area (Å²) in [6.45, 7) is 4.16. The summed E-state index contributed by atoms with van der Waals surface area (Å²) in [4.78, 5) is 0.0876. The van der Waals surface area contributed by atoms with Crippen LogP contribution in [0.15, 0.2) is 6.20 Å². The monoisotopic (exact) mass is 291 g/mol. The molecule has 0 aliphatic carbocycles. The predicted octanol–water partition coefficient (Wildman–Crippen LogP) is -0.0434. The maximum absolute atomic E-state index is 11.8. The van der Waals surface area contributed by atoms with Crippen LogP contribution in [0.5, 0.6) is 0 Å². The van der Waals surface area contributed by atoms with Crippen LogP contribution in [-0.4, -0.2) is 29.7 Å². The molecule has 0 aromatic carbocycles. The third-order valence-corrected chi connectivity index (χ3v) is 3.35. The Morgan fingerprint density at radius 2 is 2.22 bits per heavy atom. The van der Waals surface area contributed by atoms with E-state index in [1.165, 1.54) is 10.9 Å². The number of nitrogens with two attached hydrogens (primary N) is 1. The number of hydrogen-bond acceptors (Lipinski definition) is 4. The van der Waals surface area contributed by atoms with E-state index in [1.807, 2.05) is 13.8 Å². The van der Waals surface area contributed by atoms with Crippen LogP contribution in [0.4, 0.5) is 5.82 Å². The van der Waals surface area contributed by atoms with Gasteiger partial charge in [-0.2, -0.15) is 18.2 Å². The van der Waals surface area contributed by atoms with Gasteiger partial charge in [0.1, 0.15) is 10.8 Å². The van der Waals surface area contributed by atoms with Gasteiger partial charge in [0.2, 0.25) is 0 Å². The average molecular weight is 291 g/mol. The second kappa shape index (κ2) is 5.63. The van der Waals surface area contributed by atoms with E-state index >= 15 is 0 Å². The molecule has 0 spiro atoms. The molecule has 0 fully saturated rings. The van der Waals surface area contributed by atoms with Crippen LogP contribution in [0.1, 0.15) is 19.4 Å². The van der Waals surface area contributed by atoms with Crippen LogP contribution in [0.3, 0.4) is 0 Å². The van der Waals surface area contributed by atoms with Crippen molar-refractivity contribution in [2.45, 2.75) is 13.8 Å². The van der Waals surface area contributed by atoms with Gasteiger partial charge in [-0.1, -0.05) is 26.1 Å². The molecule has 4 N–H and O–H groups in total. The van der Waals surface area contributed by atoms with Crippen molar-refractivity contribution in [1.82, 2.24) is 14.5 Å². The summed E-state index contributed by atoms with van der Waals surface area (Å²) in [7, 11) is -2.05. The van der Waals surface area contributed by atoms with Gasteiger partial charge in [0, 0.05) is 13.6 Å². The van der Waals surface area contributed by atoms with Gasteiger partial charge in [-0.3, -0.25) is 9.40 Å². The maximum Gasteiger partial charge on any atom is 0.300 e. The standard InChI is InChI=1S/C9H17N5O2S2/c1-6(2)4-12-18(15,16)13-9-7(8(10)17)5-11-14(9)3/h5-6,12-13H,4H2,1-3H3,(H2,10,17). The van der Waals surface area contributed by atoms with Gasteiger partial charge >= 0.3 is 0 Å². The highest BCUT2D eigenvalue weighted by molar-refractivity contribution is 7.90. The third-order valence-electron chi connectivity index (χ3n) is 2.12. The Kier molecular flexibility index (Phi) is 4.65. The van der Waals surface area contributed by atoms with Crippen LogP contribution in [0, 0.1) is 5.92 Å². The Bertz CT molecular complexity index is 535. The summed E-state index contributed by atoms with van der Waals surface area (Å²) in [6, 6.07) is 0. The maximum atomic E-state index is 11.8. The number of nitrogens with zero attached hydrogens (tertiary/aromatic N) is 2. The van der Waals surface area contributed by atoms with E-state index in [4.69, 9.17) is 18.0 Å². The summed E-state index contributed by atoms with van der Waals surface area (Å²) < 4.78 is 29.7. The molecular weight excluding hydrogens is 274 g/mol. The van der Waals surface area contributed by atoms with Crippen molar-refractivity contribution in [2.24, 2.45) is 18.7 Å². The number of thiocarbonyl (C=S) groups is 1. The SMILES string of the molecule is CC(C)CNS(=O)(=O)Nc1c(C(N)=S)cnn1C. The zero-order valence-electron chi connectivity index (χ0n) is 10.5. The van der Waals surface area contributed by atoms with E-state index in [-0.39, 0.29) is 16.7 Å². The highest BCUT2D eigenvalue weighted by atomic mass is 32.2. The Morgan fingerprint density at radius 3 is 2.72 bits per heavy atom. The minimum absolute atomic E-state index is 0.0876. The molecule has 18 heavy (non-hydrogen) atoms. The first-order valence-corrected chi connectivity index (χ1v) is 7.21. The van der Waals surface area contributed by atoms with Crippen LogP contribution < -0.4 is 15.2 Å². The minimum atomic E-state index is -3.65. The molecule has 1 heterocycles. The average Bonchev–Trinajstić information content (AvgIpc) is 2.57. The molecular formula is C9H17N5O2S2. The van der Waals surface area contributed by atoms with E-state index in [2.05, 4.69) is 14.5 Å². The molecule has 1 rings (SSSR count). The van der Waals surface area contributed by atoms with Crippen LogP contribution >= 0.6 is 12.2 Å². The topological polar surface area (TPSA) is 102 Å². The molecule has 7 nitrogen and oxygen atoms in total. The van der Waals surface area contributed by atoms with Gasteiger partial charge < -0.3 is 5.73 Å². The normalized spacial score (nSPS) is 11.8. The largest absolute Gasteiger partial charge is 0.389 e. The van der Waals surface area contributed by atoms with Crippen molar-refractivity contribution in [3.8, 4) is 0 Å². The van der Waals surface area contributed by atoms with Crippen molar-refractivity contribution in [2.75, 3.05) is 11.3 Å². The number of aromatic nitrogens is 2. The fourth-order valence-corrected chi connectivity index (χ4v) is 2.45. The lowest BCUT2D eigenvalue weighted by atomic mass is 10.2. The fraction of sp³-hybridized carbons (Fsp3) is 0.556. The molecule has 1 aromatic rings. The van der Waals surface area contributed by atoms with Gasteiger partial charge in [0.15, 0.2) is 0 Å². The highest BCUT2D eigenvalue weighted by Crippen LogP contribution is 2.14. The highest BCUT2D eigenvalue weighted by Gasteiger charge is 2.17. The second-order valence-electron chi connectivity index (χ2n) is 4.24. The lowest BCUT2D eigenvalue weighted by Crippen LogP contribution is -2.34. The predicted molar refractivity (Wildman–Crippen MR) is 74.5 cm³/mol. The summed E-state index contributed by atoms with van der Waals surface area (Å²) in [5.41, 5.74) is 5.88. The molecule has 0 aliphatic rings. The van der Waals surface area contributed by atoms with E-state index in [0.29, 0.717) is 12.1 Å². The Labute approximate surface area is 112 Å². The van der Waals surface area contributed by atoms with Gasteiger partial charge in [0.25, 0.3) is 10.2 Å². The first kappa shape index (κ1) is 14.9. The van der Waals surface area contributed by atoms with Crippen LogP contribution in [0.2, 0.25) is 0 Å². The number of hydrogen-bond donors (Lipinski definition) is 3. The van der Waals surface area contributed by atoms with Gasteiger partial charge in [-0.15, -0.1) is 0 Å². The number of rotatable bonds is 6. The van der Waals surface area contributed by atoms with Crippen molar-refractivity contribution in [3.63, 3.8) is 0 Å². The van der Waals surface area contributed by atoms with E-state index in [1.54, 1.807) is 7.05 Å². The van der Waals surface area contributed by atoms with Gasteiger partial charge in [-0.25, -0.2) is 0 Å². The molecule has 0 saturated heterocycles. The quantitative estimate of drug-likeness (QED) is 0.638. The molecule has 1 aromatic heterocycles. The zero-order chi connectivity index (χ0) is 13.9. The Hall–Kier alpha value is -1.19. The van der Waals surface area contributed by atoms with Crippen molar-refractivity contribution in [1.29, 1.82) is 0 Å². The summed E-state index contributed by atoms with van der Waals surface area (Å²) in [5, 5.41) is 3.91. The van der Waals surface area contributed by atoms with Crippen molar-refractivity contribution < 1.29 is 8.42 Å². The molecule has 0 aliphatic heterocycles. The van der Waals surface area contributed by atoms with Crippen LogP contribution in [-0.2, 0) is 17.3 Å². The molecule has 9 heteroatoms. The summed E-state index contributed by atoms with van der Waals surface area (Å²) >= 11 is 4.83. The first-order chi connectivity index (χ1) is 8.23. The lowest BCUT2D eigenvalue weighted by molar-refractivity contribution is 0.564.